The van der Waals surface area contributed by atoms with E-state index in [2.05, 4.69) is 46.8 Å². The molecule has 0 spiro atoms. The van der Waals surface area contributed by atoms with Crippen molar-refractivity contribution in [1.82, 2.24) is 0 Å². The van der Waals surface area contributed by atoms with Gasteiger partial charge < -0.3 is 9.47 Å². The van der Waals surface area contributed by atoms with Gasteiger partial charge in [-0.25, -0.2) is 0 Å². The fraction of sp³-hybridized carbons (Fsp3) is 0.545. The highest BCUT2D eigenvalue weighted by Crippen LogP contribution is 2.47. The first kappa shape index (κ1) is 17.1. The molecular formula is C22H30O2. The molecule has 0 aromatic heterocycles. The predicted molar refractivity (Wildman–Crippen MR) is 102 cm³/mol. The van der Waals surface area contributed by atoms with Crippen molar-refractivity contribution in [2.24, 2.45) is 0 Å². The van der Waals surface area contributed by atoms with E-state index in [0.717, 1.165) is 17.9 Å². The molecule has 0 radical (unpaired) electrons. The van der Waals surface area contributed by atoms with Crippen molar-refractivity contribution < 1.29 is 9.47 Å². The fourth-order valence-electron chi connectivity index (χ4n) is 4.38. The monoisotopic (exact) mass is 326 g/mol. The summed E-state index contributed by atoms with van der Waals surface area (Å²) in [6.07, 6.45) is 3.68. The zero-order chi connectivity index (χ0) is 17.6. The summed E-state index contributed by atoms with van der Waals surface area (Å²) in [7, 11) is 3.50. The van der Waals surface area contributed by atoms with Crippen molar-refractivity contribution in [2.75, 3.05) is 14.2 Å². The molecule has 0 heterocycles. The van der Waals surface area contributed by atoms with E-state index in [9.17, 15) is 0 Å². The number of hydrogen-bond donors (Lipinski definition) is 0. The second-order valence-corrected chi connectivity index (χ2v) is 8.05. The first-order valence-electron chi connectivity index (χ1n) is 9.03. The highest BCUT2D eigenvalue weighted by molar-refractivity contribution is 5.96. The number of rotatable bonds is 3. The lowest BCUT2D eigenvalue weighted by Gasteiger charge is -2.34. The molecule has 3 rings (SSSR count). The van der Waals surface area contributed by atoms with Gasteiger partial charge in [-0.15, -0.1) is 0 Å². The number of fused-ring (bicyclic) bond motifs is 2. The van der Waals surface area contributed by atoms with E-state index in [4.69, 9.17) is 9.47 Å². The van der Waals surface area contributed by atoms with Crippen LogP contribution in [0, 0.1) is 6.92 Å². The Morgan fingerprint density at radius 2 is 1.71 bits per heavy atom. The van der Waals surface area contributed by atoms with Gasteiger partial charge in [0.1, 0.15) is 0 Å². The minimum Gasteiger partial charge on any atom is -0.493 e. The van der Waals surface area contributed by atoms with Crippen LogP contribution < -0.4 is 9.47 Å². The molecule has 1 aliphatic carbocycles. The molecule has 2 heteroatoms. The number of benzene rings is 2. The minimum absolute atomic E-state index is 0.248. The quantitative estimate of drug-likeness (QED) is 0.699. The average molecular weight is 326 g/mol. The maximum atomic E-state index is 5.84. The molecule has 2 nitrogen and oxygen atoms in total. The van der Waals surface area contributed by atoms with E-state index in [1.807, 2.05) is 0 Å². The summed E-state index contributed by atoms with van der Waals surface area (Å²) in [5.74, 6) is 2.17. The first-order chi connectivity index (χ1) is 11.3. The summed E-state index contributed by atoms with van der Waals surface area (Å²) in [6, 6.07) is 4.71. The van der Waals surface area contributed by atoms with Crippen LogP contribution in [0.5, 0.6) is 11.5 Å². The summed E-state index contributed by atoms with van der Waals surface area (Å²) >= 11 is 0. The fourth-order valence-corrected chi connectivity index (χ4v) is 4.38. The SMILES string of the molecule is COc1c(C(C)C)cc2cc3c(c(C)c2c1OC)CCCC3(C)C. The topological polar surface area (TPSA) is 18.5 Å². The first-order valence-corrected chi connectivity index (χ1v) is 9.03. The van der Waals surface area contributed by atoms with Crippen molar-refractivity contribution in [2.45, 2.75) is 65.2 Å². The third-order valence-corrected chi connectivity index (χ3v) is 5.74. The number of methoxy groups -OCH3 is 2. The van der Waals surface area contributed by atoms with E-state index in [0.29, 0.717) is 5.92 Å². The Bertz CT molecular complexity index is 785. The van der Waals surface area contributed by atoms with E-state index in [-0.39, 0.29) is 5.41 Å². The molecule has 2 aromatic carbocycles. The smallest absolute Gasteiger partial charge is 0.169 e. The number of aryl methyl sites for hydroxylation is 1. The molecule has 0 N–H and O–H groups in total. The molecule has 0 aliphatic heterocycles. The predicted octanol–water partition coefficient (Wildman–Crippen LogP) is 5.90. The Morgan fingerprint density at radius 3 is 2.29 bits per heavy atom. The van der Waals surface area contributed by atoms with E-state index < -0.39 is 0 Å². The van der Waals surface area contributed by atoms with Crippen molar-refractivity contribution in [3.05, 3.63) is 34.4 Å². The van der Waals surface area contributed by atoms with Gasteiger partial charge in [-0.05, 0) is 65.7 Å². The largest absolute Gasteiger partial charge is 0.493 e. The van der Waals surface area contributed by atoms with Crippen LogP contribution in [0.15, 0.2) is 12.1 Å². The highest BCUT2D eigenvalue weighted by Gasteiger charge is 2.30. The zero-order valence-electron chi connectivity index (χ0n) is 16.2. The molecule has 24 heavy (non-hydrogen) atoms. The van der Waals surface area contributed by atoms with Gasteiger partial charge in [0.05, 0.1) is 14.2 Å². The molecule has 2 aromatic rings. The Kier molecular flexibility index (Phi) is 4.27. The van der Waals surface area contributed by atoms with Gasteiger partial charge in [0, 0.05) is 10.9 Å². The van der Waals surface area contributed by atoms with Crippen LogP contribution in [-0.2, 0) is 11.8 Å². The van der Waals surface area contributed by atoms with Crippen molar-refractivity contribution in [3.63, 3.8) is 0 Å². The Balaban J connectivity index is 2.44. The molecule has 0 amide bonds. The summed E-state index contributed by atoms with van der Waals surface area (Å²) in [5.41, 5.74) is 5.85. The Labute approximate surface area is 146 Å². The van der Waals surface area contributed by atoms with Gasteiger partial charge in [-0.3, -0.25) is 0 Å². The molecule has 0 atom stereocenters. The van der Waals surface area contributed by atoms with Gasteiger partial charge in [0.2, 0.25) is 0 Å². The van der Waals surface area contributed by atoms with E-state index in [1.54, 1.807) is 14.2 Å². The van der Waals surface area contributed by atoms with Gasteiger partial charge in [0.15, 0.2) is 11.5 Å². The maximum Gasteiger partial charge on any atom is 0.169 e. The van der Waals surface area contributed by atoms with Gasteiger partial charge in [-0.2, -0.15) is 0 Å². The lowest BCUT2D eigenvalue weighted by atomic mass is 9.70. The molecule has 0 saturated heterocycles. The summed E-state index contributed by atoms with van der Waals surface area (Å²) in [6.45, 7) is 11.4. The lowest BCUT2D eigenvalue weighted by Crippen LogP contribution is -2.24. The minimum atomic E-state index is 0.248. The average Bonchev–Trinajstić information content (AvgIpc) is 2.53. The molecular weight excluding hydrogens is 296 g/mol. The highest BCUT2D eigenvalue weighted by atomic mass is 16.5. The van der Waals surface area contributed by atoms with E-state index >= 15 is 0 Å². The molecule has 0 unspecified atom stereocenters. The number of hydrogen-bond acceptors (Lipinski definition) is 2. The number of ether oxygens (including phenoxy) is 2. The Hall–Kier alpha value is -1.70. The maximum absolute atomic E-state index is 5.84. The van der Waals surface area contributed by atoms with Gasteiger partial charge in [0.25, 0.3) is 0 Å². The third kappa shape index (κ3) is 2.47. The lowest BCUT2D eigenvalue weighted by molar-refractivity contribution is 0.354. The van der Waals surface area contributed by atoms with Crippen LogP contribution in [0.3, 0.4) is 0 Å². The second-order valence-electron chi connectivity index (χ2n) is 8.05. The molecule has 0 bridgehead atoms. The summed E-state index contributed by atoms with van der Waals surface area (Å²) in [4.78, 5) is 0. The summed E-state index contributed by atoms with van der Waals surface area (Å²) < 4.78 is 11.6. The zero-order valence-corrected chi connectivity index (χ0v) is 16.2. The Morgan fingerprint density at radius 1 is 1.04 bits per heavy atom. The molecule has 0 saturated carbocycles. The van der Waals surface area contributed by atoms with Gasteiger partial charge >= 0.3 is 0 Å². The molecule has 130 valence electrons. The summed E-state index contributed by atoms with van der Waals surface area (Å²) in [5, 5.41) is 2.50. The normalized spacial score (nSPS) is 16.3. The standard InChI is InChI=1S/C22H30O2/c1-13(2)17-11-15-12-18-16(9-8-10-22(18,4)5)14(3)19(15)21(24-7)20(17)23-6/h11-13H,8-10H2,1-7H3. The van der Waals surface area contributed by atoms with Crippen LogP contribution in [0.2, 0.25) is 0 Å². The third-order valence-electron chi connectivity index (χ3n) is 5.74. The van der Waals surface area contributed by atoms with Crippen LogP contribution >= 0.6 is 0 Å². The van der Waals surface area contributed by atoms with Gasteiger partial charge in [-0.1, -0.05) is 33.8 Å². The molecule has 0 fully saturated rings. The second kappa shape index (κ2) is 5.98. The van der Waals surface area contributed by atoms with Crippen LogP contribution in [0.1, 0.15) is 68.7 Å². The van der Waals surface area contributed by atoms with Crippen molar-refractivity contribution in [3.8, 4) is 11.5 Å². The van der Waals surface area contributed by atoms with Crippen LogP contribution in [0.25, 0.3) is 10.8 Å². The van der Waals surface area contributed by atoms with Crippen molar-refractivity contribution >= 4 is 10.8 Å². The van der Waals surface area contributed by atoms with Crippen LogP contribution in [0.4, 0.5) is 0 Å². The molecule has 1 aliphatic rings. The van der Waals surface area contributed by atoms with E-state index in [1.165, 1.54) is 45.9 Å². The van der Waals surface area contributed by atoms with Crippen molar-refractivity contribution in [1.29, 1.82) is 0 Å². The van der Waals surface area contributed by atoms with Crippen LogP contribution in [-0.4, -0.2) is 14.2 Å².